The summed E-state index contributed by atoms with van der Waals surface area (Å²) in [5, 5.41) is 4.77. The first-order chi connectivity index (χ1) is 13.5. The zero-order chi connectivity index (χ0) is 19.7. The smallest absolute Gasteiger partial charge is 0.262 e. The van der Waals surface area contributed by atoms with Crippen molar-refractivity contribution in [3.8, 4) is 11.5 Å². The van der Waals surface area contributed by atoms with Crippen molar-refractivity contribution in [1.29, 1.82) is 0 Å². The minimum atomic E-state index is -0.291. The molecule has 0 saturated heterocycles. The molecule has 5 nitrogen and oxygen atoms in total. The van der Waals surface area contributed by atoms with Crippen molar-refractivity contribution >= 4 is 49.5 Å². The Balaban J connectivity index is 1.56. The lowest BCUT2D eigenvalue weighted by atomic mass is 10.1. The van der Waals surface area contributed by atoms with Crippen LogP contribution in [0.5, 0.6) is 11.5 Å². The third-order valence-corrected chi connectivity index (χ3v) is 5.04. The predicted octanol–water partition coefficient (Wildman–Crippen LogP) is 5.68. The van der Waals surface area contributed by atoms with Crippen LogP contribution < -0.4 is 14.8 Å². The SMILES string of the molecule is COc1cc2c(cc1NC(=O)COc1ccc(C)cc1Br)oc1ccccc12. The Labute approximate surface area is 170 Å². The molecule has 0 spiro atoms. The number of furan rings is 1. The maximum atomic E-state index is 12.4. The van der Waals surface area contributed by atoms with E-state index in [9.17, 15) is 4.79 Å². The number of hydrogen-bond acceptors (Lipinski definition) is 4. The number of methoxy groups -OCH3 is 1. The highest BCUT2D eigenvalue weighted by atomic mass is 79.9. The minimum absolute atomic E-state index is 0.122. The summed E-state index contributed by atoms with van der Waals surface area (Å²) in [6.45, 7) is 1.87. The third-order valence-electron chi connectivity index (χ3n) is 4.42. The van der Waals surface area contributed by atoms with Crippen molar-refractivity contribution in [1.82, 2.24) is 0 Å². The van der Waals surface area contributed by atoms with E-state index < -0.39 is 0 Å². The topological polar surface area (TPSA) is 60.7 Å². The number of aryl methyl sites for hydroxylation is 1. The molecule has 1 aromatic heterocycles. The van der Waals surface area contributed by atoms with Gasteiger partial charge in [-0.25, -0.2) is 0 Å². The van der Waals surface area contributed by atoms with E-state index in [0.717, 1.165) is 26.4 Å². The number of nitrogens with one attached hydrogen (secondary N) is 1. The molecule has 6 heteroatoms. The van der Waals surface area contributed by atoms with E-state index in [1.807, 2.05) is 55.5 Å². The van der Waals surface area contributed by atoms with Crippen molar-refractivity contribution in [3.63, 3.8) is 0 Å². The molecule has 1 N–H and O–H groups in total. The van der Waals surface area contributed by atoms with E-state index in [1.165, 1.54) is 0 Å². The summed E-state index contributed by atoms with van der Waals surface area (Å²) in [6, 6.07) is 17.1. The number of halogens is 1. The van der Waals surface area contributed by atoms with Crippen molar-refractivity contribution in [2.45, 2.75) is 6.92 Å². The second-order valence-corrected chi connectivity index (χ2v) is 7.27. The molecule has 1 amide bonds. The summed E-state index contributed by atoms with van der Waals surface area (Å²) in [4.78, 5) is 12.4. The predicted molar refractivity (Wildman–Crippen MR) is 113 cm³/mol. The number of hydrogen-bond donors (Lipinski definition) is 1. The first-order valence-electron chi connectivity index (χ1n) is 8.73. The molecule has 142 valence electrons. The van der Waals surface area contributed by atoms with E-state index in [-0.39, 0.29) is 12.5 Å². The standard InChI is InChI=1S/C22H18BrNO4/c1-13-7-8-19(16(23)9-13)27-12-22(25)24-17-11-20-15(10-21(17)26-2)14-5-3-4-6-18(14)28-20/h3-11H,12H2,1-2H3,(H,24,25). The Kier molecular flexibility index (Phi) is 4.96. The fraction of sp³-hybridized carbons (Fsp3) is 0.136. The Morgan fingerprint density at radius 3 is 2.64 bits per heavy atom. The summed E-state index contributed by atoms with van der Waals surface area (Å²) in [6.07, 6.45) is 0. The first-order valence-corrected chi connectivity index (χ1v) is 9.52. The van der Waals surface area contributed by atoms with Gasteiger partial charge in [0.25, 0.3) is 5.91 Å². The molecule has 0 unspecified atom stereocenters. The van der Waals surface area contributed by atoms with Crippen LogP contribution in [-0.2, 0) is 4.79 Å². The molecule has 0 aliphatic carbocycles. The molecule has 4 rings (SSSR count). The zero-order valence-electron chi connectivity index (χ0n) is 15.4. The van der Waals surface area contributed by atoms with Crippen LogP contribution in [0.2, 0.25) is 0 Å². The van der Waals surface area contributed by atoms with Gasteiger partial charge in [0.15, 0.2) is 6.61 Å². The van der Waals surface area contributed by atoms with Crippen LogP contribution in [-0.4, -0.2) is 19.6 Å². The second kappa shape index (κ2) is 7.56. The monoisotopic (exact) mass is 439 g/mol. The number of amides is 1. The number of carbonyl (C=O) groups is 1. The van der Waals surface area contributed by atoms with Gasteiger partial charge in [-0.15, -0.1) is 0 Å². The van der Waals surface area contributed by atoms with Gasteiger partial charge in [0.05, 0.1) is 17.3 Å². The second-order valence-electron chi connectivity index (χ2n) is 6.42. The van der Waals surface area contributed by atoms with Crippen molar-refractivity contribution in [3.05, 3.63) is 64.6 Å². The van der Waals surface area contributed by atoms with Gasteiger partial charge >= 0.3 is 0 Å². The van der Waals surface area contributed by atoms with Crippen molar-refractivity contribution < 1.29 is 18.7 Å². The Morgan fingerprint density at radius 1 is 1.04 bits per heavy atom. The number of para-hydroxylation sites is 1. The van der Waals surface area contributed by atoms with Gasteiger partial charge < -0.3 is 19.2 Å². The highest BCUT2D eigenvalue weighted by Gasteiger charge is 2.14. The maximum Gasteiger partial charge on any atom is 0.262 e. The molecular formula is C22H18BrNO4. The van der Waals surface area contributed by atoms with E-state index >= 15 is 0 Å². The lowest BCUT2D eigenvalue weighted by molar-refractivity contribution is -0.118. The molecule has 0 radical (unpaired) electrons. The van der Waals surface area contributed by atoms with E-state index in [2.05, 4.69) is 21.2 Å². The largest absolute Gasteiger partial charge is 0.495 e. The summed E-state index contributed by atoms with van der Waals surface area (Å²) in [7, 11) is 1.57. The Hall–Kier alpha value is -2.99. The van der Waals surface area contributed by atoms with Gasteiger partial charge in [-0.2, -0.15) is 0 Å². The molecule has 0 saturated carbocycles. The molecule has 0 aliphatic rings. The number of anilines is 1. The number of ether oxygens (including phenoxy) is 2. The normalized spacial score (nSPS) is 11.0. The minimum Gasteiger partial charge on any atom is -0.495 e. The Morgan fingerprint density at radius 2 is 1.86 bits per heavy atom. The number of rotatable bonds is 5. The van der Waals surface area contributed by atoms with Crippen molar-refractivity contribution in [2.24, 2.45) is 0 Å². The average Bonchev–Trinajstić information content (AvgIpc) is 3.04. The van der Waals surface area contributed by atoms with Gasteiger partial charge in [-0.1, -0.05) is 24.3 Å². The van der Waals surface area contributed by atoms with Gasteiger partial charge in [-0.05, 0) is 52.7 Å². The van der Waals surface area contributed by atoms with Crippen LogP contribution in [0.3, 0.4) is 0 Å². The number of carbonyl (C=O) groups excluding carboxylic acids is 1. The highest BCUT2D eigenvalue weighted by Crippen LogP contribution is 2.36. The van der Waals surface area contributed by atoms with Crippen LogP contribution in [0.25, 0.3) is 21.9 Å². The number of fused-ring (bicyclic) bond motifs is 3. The molecule has 0 atom stereocenters. The Bertz CT molecular complexity index is 1180. The first kappa shape index (κ1) is 18.4. The summed E-state index contributed by atoms with van der Waals surface area (Å²) in [5.41, 5.74) is 3.10. The molecule has 0 fully saturated rings. The quantitative estimate of drug-likeness (QED) is 0.434. The molecular weight excluding hydrogens is 422 g/mol. The molecule has 1 heterocycles. The molecule has 0 aliphatic heterocycles. The van der Waals surface area contributed by atoms with Gasteiger partial charge in [0.1, 0.15) is 22.7 Å². The average molecular weight is 440 g/mol. The third kappa shape index (κ3) is 3.55. The number of benzene rings is 3. The fourth-order valence-corrected chi connectivity index (χ4v) is 3.68. The highest BCUT2D eigenvalue weighted by molar-refractivity contribution is 9.10. The lowest BCUT2D eigenvalue weighted by Gasteiger charge is -2.12. The van der Waals surface area contributed by atoms with E-state index in [0.29, 0.717) is 22.8 Å². The van der Waals surface area contributed by atoms with Gasteiger partial charge in [0.2, 0.25) is 0 Å². The molecule has 28 heavy (non-hydrogen) atoms. The summed E-state index contributed by atoms with van der Waals surface area (Å²) in [5.74, 6) is 0.880. The van der Waals surface area contributed by atoms with Gasteiger partial charge in [0, 0.05) is 16.8 Å². The van der Waals surface area contributed by atoms with Crippen LogP contribution >= 0.6 is 15.9 Å². The lowest BCUT2D eigenvalue weighted by Crippen LogP contribution is -2.20. The van der Waals surface area contributed by atoms with E-state index in [4.69, 9.17) is 13.9 Å². The van der Waals surface area contributed by atoms with Gasteiger partial charge in [-0.3, -0.25) is 4.79 Å². The van der Waals surface area contributed by atoms with Crippen LogP contribution in [0.15, 0.2) is 63.5 Å². The van der Waals surface area contributed by atoms with Crippen molar-refractivity contribution in [2.75, 3.05) is 19.0 Å². The zero-order valence-corrected chi connectivity index (χ0v) is 17.0. The summed E-state index contributed by atoms with van der Waals surface area (Å²) < 4.78 is 17.8. The molecule has 0 bridgehead atoms. The van der Waals surface area contributed by atoms with Crippen LogP contribution in [0.1, 0.15) is 5.56 Å². The maximum absolute atomic E-state index is 12.4. The fourth-order valence-electron chi connectivity index (χ4n) is 3.07. The summed E-state index contributed by atoms with van der Waals surface area (Å²) >= 11 is 3.44. The molecule has 3 aromatic carbocycles. The molecule has 4 aromatic rings. The van der Waals surface area contributed by atoms with E-state index in [1.54, 1.807) is 13.2 Å². The van der Waals surface area contributed by atoms with Crippen LogP contribution in [0, 0.1) is 6.92 Å². The van der Waals surface area contributed by atoms with Crippen LogP contribution in [0.4, 0.5) is 5.69 Å².